The van der Waals surface area contributed by atoms with Crippen molar-refractivity contribution in [1.29, 1.82) is 0 Å². The van der Waals surface area contributed by atoms with E-state index in [0.29, 0.717) is 24.8 Å². The van der Waals surface area contributed by atoms with E-state index in [9.17, 15) is 23.1 Å². The molecule has 2 fully saturated rings. The smallest absolute Gasteiger partial charge is 0.322 e. The van der Waals surface area contributed by atoms with Crippen LogP contribution in [0.3, 0.4) is 0 Å². The van der Waals surface area contributed by atoms with Crippen molar-refractivity contribution in [2.24, 2.45) is 0 Å². The van der Waals surface area contributed by atoms with Crippen LogP contribution in [0.15, 0.2) is 30.3 Å². The third-order valence-corrected chi connectivity index (χ3v) is 6.87. The van der Waals surface area contributed by atoms with E-state index < -0.39 is 27.3 Å². The number of carboxylic acid groups (broad SMARTS) is 1. The second kappa shape index (κ2) is 6.52. The van der Waals surface area contributed by atoms with E-state index in [1.807, 2.05) is 6.07 Å². The molecule has 0 radical (unpaired) electrons. The number of carboxylic acids is 1. The topological polar surface area (TPSA) is 95.0 Å². The molecule has 2 aliphatic heterocycles. The third-order valence-electron chi connectivity index (χ3n) is 4.64. The predicted molar refractivity (Wildman–Crippen MR) is 87.0 cm³/mol. The second-order valence-corrected chi connectivity index (χ2v) is 8.37. The van der Waals surface area contributed by atoms with Gasteiger partial charge in [0.2, 0.25) is 10.0 Å². The minimum absolute atomic E-state index is 0.110. The molecule has 8 heteroatoms. The SMILES string of the molecule is O=C(O)C1CCCCN1S(=O)(=O)C1CN(C(=O)c2ccccc2)C1. The quantitative estimate of drug-likeness (QED) is 0.864. The minimum atomic E-state index is -3.71. The fourth-order valence-corrected chi connectivity index (χ4v) is 5.26. The van der Waals surface area contributed by atoms with E-state index in [4.69, 9.17) is 0 Å². The fourth-order valence-electron chi connectivity index (χ4n) is 3.20. The molecule has 1 aromatic carbocycles. The van der Waals surface area contributed by atoms with Crippen molar-refractivity contribution in [2.45, 2.75) is 30.6 Å². The standard InChI is InChI=1S/C16H20N2O5S/c19-15(12-6-2-1-3-7-12)17-10-13(11-17)24(22,23)18-9-5-4-8-14(18)16(20)21/h1-3,6-7,13-14H,4-5,8-11H2,(H,20,21). The van der Waals surface area contributed by atoms with Gasteiger partial charge in [0.05, 0.1) is 0 Å². The van der Waals surface area contributed by atoms with Crippen molar-refractivity contribution in [3.63, 3.8) is 0 Å². The number of nitrogens with zero attached hydrogens (tertiary/aromatic N) is 2. The number of sulfonamides is 1. The molecular weight excluding hydrogens is 332 g/mol. The van der Waals surface area contributed by atoms with Crippen LogP contribution in [-0.4, -0.2) is 65.5 Å². The van der Waals surface area contributed by atoms with E-state index in [2.05, 4.69) is 0 Å². The van der Waals surface area contributed by atoms with Crippen LogP contribution >= 0.6 is 0 Å². The summed E-state index contributed by atoms with van der Waals surface area (Å²) in [5.41, 5.74) is 0.523. The number of aliphatic carboxylic acids is 1. The Hall–Kier alpha value is -1.93. The van der Waals surface area contributed by atoms with Crippen LogP contribution in [0.4, 0.5) is 0 Å². The molecule has 2 heterocycles. The van der Waals surface area contributed by atoms with Crippen molar-refractivity contribution in [3.05, 3.63) is 35.9 Å². The lowest BCUT2D eigenvalue weighted by Crippen LogP contribution is -2.62. The largest absolute Gasteiger partial charge is 0.480 e. The van der Waals surface area contributed by atoms with E-state index in [1.54, 1.807) is 24.3 Å². The lowest BCUT2D eigenvalue weighted by atomic mass is 10.1. The highest BCUT2D eigenvalue weighted by Crippen LogP contribution is 2.27. The molecule has 7 nitrogen and oxygen atoms in total. The van der Waals surface area contributed by atoms with Crippen molar-refractivity contribution >= 4 is 21.9 Å². The average molecular weight is 352 g/mol. The van der Waals surface area contributed by atoms with Crippen LogP contribution in [-0.2, 0) is 14.8 Å². The lowest BCUT2D eigenvalue weighted by molar-refractivity contribution is -0.142. The Labute approximate surface area is 140 Å². The van der Waals surface area contributed by atoms with Crippen LogP contribution in [0.25, 0.3) is 0 Å². The van der Waals surface area contributed by atoms with Gasteiger partial charge in [-0.05, 0) is 31.4 Å². The molecule has 2 saturated heterocycles. The summed E-state index contributed by atoms with van der Waals surface area (Å²) in [7, 11) is -3.71. The van der Waals surface area contributed by atoms with Gasteiger partial charge in [0.25, 0.3) is 5.91 Å². The van der Waals surface area contributed by atoms with Crippen LogP contribution in [0.2, 0.25) is 0 Å². The Morgan fingerprint density at radius 1 is 1.08 bits per heavy atom. The molecule has 24 heavy (non-hydrogen) atoms. The number of likely N-dealkylation sites (tertiary alicyclic amines) is 1. The molecule has 0 aromatic heterocycles. The first-order chi connectivity index (χ1) is 11.4. The van der Waals surface area contributed by atoms with Gasteiger partial charge in [0, 0.05) is 25.2 Å². The number of carbonyl (C=O) groups excluding carboxylic acids is 1. The molecule has 3 rings (SSSR count). The molecule has 0 bridgehead atoms. The number of benzene rings is 1. The molecule has 1 atom stereocenters. The molecule has 2 aliphatic rings. The van der Waals surface area contributed by atoms with Gasteiger partial charge in [-0.25, -0.2) is 8.42 Å². The van der Waals surface area contributed by atoms with Gasteiger partial charge in [-0.1, -0.05) is 18.2 Å². The highest BCUT2D eigenvalue weighted by molar-refractivity contribution is 7.89. The van der Waals surface area contributed by atoms with Gasteiger partial charge in [-0.3, -0.25) is 9.59 Å². The summed E-state index contributed by atoms with van der Waals surface area (Å²) < 4.78 is 26.5. The average Bonchev–Trinajstić information content (AvgIpc) is 2.54. The Morgan fingerprint density at radius 2 is 1.75 bits per heavy atom. The number of rotatable bonds is 4. The van der Waals surface area contributed by atoms with Crippen LogP contribution in [0.1, 0.15) is 29.6 Å². The first kappa shape index (κ1) is 16.9. The van der Waals surface area contributed by atoms with Gasteiger partial charge in [0.15, 0.2) is 0 Å². The Balaban J connectivity index is 1.68. The Bertz CT molecular complexity index is 728. The Kier molecular flexibility index (Phi) is 4.60. The molecule has 1 amide bonds. The number of hydrogen-bond donors (Lipinski definition) is 1. The van der Waals surface area contributed by atoms with Gasteiger partial charge in [-0.2, -0.15) is 4.31 Å². The predicted octanol–water partition coefficient (Wildman–Crippen LogP) is 0.780. The first-order valence-electron chi connectivity index (χ1n) is 7.99. The highest BCUT2D eigenvalue weighted by atomic mass is 32.2. The summed E-state index contributed by atoms with van der Waals surface area (Å²) in [4.78, 5) is 25.1. The number of hydrogen-bond acceptors (Lipinski definition) is 4. The molecule has 1 N–H and O–H groups in total. The highest BCUT2D eigenvalue weighted by Gasteiger charge is 2.46. The first-order valence-corrected chi connectivity index (χ1v) is 9.49. The van der Waals surface area contributed by atoms with Crippen LogP contribution in [0.5, 0.6) is 0 Å². The maximum absolute atomic E-state index is 12.7. The van der Waals surface area contributed by atoms with E-state index in [0.717, 1.165) is 4.31 Å². The van der Waals surface area contributed by atoms with Gasteiger partial charge < -0.3 is 10.0 Å². The normalized spacial score (nSPS) is 22.8. The summed E-state index contributed by atoms with van der Waals surface area (Å²) in [6, 6.07) is 7.72. The number of amides is 1. The number of piperidine rings is 1. The van der Waals surface area contributed by atoms with Gasteiger partial charge in [-0.15, -0.1) is 0 Å². The van der Waals surface area contributed by atoms with E-state index in [1.165, 1.54) is 4.90 Å². The number of carbonyl (C=O) groups is 2. The Morgan fingerprint density at radius 3 is 2.38 bits per heavy atom. The summed E-state index contributed by atoms with van der Waals surface area (Å²) in [5, 5.41) is 8.55. The van der Waals surface area contributed by atoms with E-state index >= 15 is 0 Å². The van der Waals surface area contributed by atoms with Gasteiger partial charge >= 0.3 is 5.97 Å². The molecular formula is C16H20N2O5S. The van der Waals surface area contributed by atoms with E-state index in [-0.39, 0.29) is 25.5 Å². The van der Waals surface area contributed by atoms with Crippen LogP contribution < -0.4 is 0 Å². The zero-order valence-electron chi connectivity index (χ0n) is 13.2. The third kappa shape index (κ3) is 3.03. The van der Waals surface area contributed by atoms with Crippen molar-refractivity contribution in [1.82, 2.24) is 9.21 Å². The maximum Gasteiger partial charge on any atom is 0.322 e. The van der Waals surface area contributed by atoms with Crippen LogP contribution in [0, 0.1) is 0 Å². The van der Waals surface area contributed by atoms with Gasteiger partial charge in [0.1, 0.15) is 11.3 Å². The summed E-state index contributed by atoms with van der Waals surface area (Å²) in [6.07, 6.45) is 1.72. The molecule has 1 aromatic rings. The second-order valence-electron chi connectivity index (χ2n) is 6.20. The zero-order valence-corrected chi connectivity index (χ0v) is 14.0. The summed E-state index contributed by atoms with van der Waals surface area (Å²) in [6.45, 7) is 0.459. The maximum atomic E-state index is 12.7. The minimum Gasteiger partial charge on any atom is -0.480 e. The fraction of sp³-hybridized carbons (Fsp3) is 0.500. The molecule has 0 saturated carbocycles. The molecule has 130 valence electrons. The summed E-state index contributed by atoms with van der Waals surface area (Å²) >= 11 is 0. The molecule has 1 unspecified atom stereocenters. The molecule has 0 spiro atoms. The van der Waals surface area contributed by atoms with Crippen molar-refractivity contribution in [2.75, 3.05) is 19.6 Å². The summed E-state index contributed by atoms with van der Waals surface area (Å²) in [5.74, 6) is -1.30. The lowest BCUT2D eigenvalue weighted by Gasteiger charge is -2.43. The van der Waals surface area contributed by atoms with Crippen molar-refractivity contribution in [3.8, 4) is 0 Å². The molecule has 0 aliphatic carbocycles. The van der Waals surface area contributed by atoms with Crippen molar-refractivity contribution < 1.29 is 23.1 Å². The zero-order chi connectivity index (χ0) is 17.3. The monoisotopic (exact) mass is 352 g/mol.